The van der Waals surface area contributed by atoms with Crippen molar-refractivity contribution in [3.63, 3.8) is 0 Å². The normalized spacial score (nSPS) is 16.9. The van der Waals surface area contributed by atoms with E-state index >= 15 is 0 Å². The monoisotopic (exact) mass is 204 g/mol. The van der Waals surface area contributed by atoms with Gasteiger partial charge in [-0.25, -0.2) is 4.79 Å². The summed E-state index contributed by atoms with van der Waals surface area (Å²) in [5, 5.41) is 4.08. The third-order valence-electron chi connectivity index (χ3n) is 2.75. The van der Waals surface area contributed by atoms with Gasteiger partial charge in [-0.1, -0.05) is 5.92 Å². The molecule has 1 saturated carbocycles. The first kappa shape index (κ1) is 9.78. The average molecular weight is 204 g/mol. The molecule has 0 bridgehead atoms. The molecule has 4 nitrogen and oxygen atoms in total. The Hall–Kier alpha value is -1.76. The minimum Gasteiger partial charge on any atom is -0.464 e. The molecule has 0 unspecified atom stereocenters. The van der Waals surface area contributed by atoms with E-state index in [0.29, 0.717) is 5.69 Å². The second kappa shape index (κ2) is 3.13. The van der Waals surface area contributed by atoms with Crippen molar-refractivity contribution >= 4 is 5.97 Å². The van der Waals surface area contributed by atoms with Crippen LogP contribution >= 0.6 is 0 Å². The zero-order valence-electron chi connectivity index (χ0n) is 8.78. The van der Waals surface area contributed by atoms with Crippen molar-refractivity contribution < 1.29 is 9.53 Å². The number of nitrogens with zero attached hydrogens (tertiary/aromatic N) is 2. The van der Waals surface area contributed by atoms with E-state index in [9.17, 15) is 4.79 Å². The Kier molecular flexibility index (Phi) is 2.04. The summed E-state index contributed by atoms with van der Waals surface area (Å²) in [7, 11) is 3.11. The highest BCUT2D eigenvalue weighted by atomic mass is 16.5. The number of hydrogen-bond donors (Lipinski definition) is 0. The third-order valence-corrected chi connectivity index (χ3v) is 2.75. The maximum Gasteiger partial charge on any atom is 0.358 e. The molecule has 1 aromatic rings. The molecule has 0 saturated heterocycles. The molecule has 0 aromatic carbocycles. The molecule has 1 aliphatic rings. The first-order valence-corrected chi connectivity index (χ1v) is 4.73. The lowest BCUT2D eigenvalue weighted by Crippen LogP contribution is -2.11. The van der Waals surface area contributed by atoms with Gasteiger partial charge in [-0.3, -0.25) is 4.68 Å². The van der Waals surface area contributed by atoms with E-state index in [-0.39, 0.29) is 5.41 Å². The number of terminal acetylenes is 1. The van der Waals surface area contributed by atoms with Crippen LogP contribution < -0.4 is 0 Å². The molecule has 0 aliphatic heterocycles. The molecular formula is C11H12N2O2. The van der Waals surface area contributed by atoms with Crippen molar-refractivity contribution in [2.75, 3.05) is 7.11 Å². The number of carbonyl (C=O) groups is 1. The molecular weight excluding hydrogens is 192 g/mol. The summed E-state index contributed by atoms with van der Waals surface area (Å²) >= 11 is 0. The van der Waals surface area contributed by atoms with Gasteiger partial charge in [0.2, 0.25) is 0 Å². The van der Waals surface area contributed by atoms with Crippen LogP contribution in [0.4, 0.5) is 0 Å². The summed E-state index contributed by atoms with van der Waals surface area (Å²) < 4.78 is 6.27. The van der Waals surface area contributed by atoms with E-state index in [2.05, 4.69) is 15.8 Å². The quantitative estimate of drug-likeness (QED) is 0.530. The minimum atomic E-state index is -0.424. The Labute approximate surface area is 88.2 Å². The molecule has 1 aliphatic carbocycles. The van der Waals surface area contributed by atoms with Crippen LogP contribution in [-0.4, -0.2) is 22.9 Å². The molecule has 0 atom stereocenters. The lowest BCUT2D eigenvalue weighted by atomic mass is 9.98. The maximum atomic E-state index is 11.5. The zero-order valence-corrected chi connectivity index (χ0v) is 8.78. The highest BCUT2D eigenvalue weighted by molar-refractivity contribution is 5.89. The molecule has 0 radical (unpaired) electrons. The fourth-order valence-electron chi connectivity index (χ4n) is 1.70. The number of hydrogen-bond acceptors (Lipinski definition) is 3. The van der Waals surface area contributed by atoms with Crippen molar-refractivity contribution in [1.82, 2.24) is 9.78 Å². The van der Waals surface area contributed by atoms with Crippen LogP contribution in [0.5, 0.6) is 0 Å². The second-order valence-electron chi connectivity index (χ2n) is 3.78. The molecule has 1 aromatic heterocycles. The standard InChI is InChI=1S/C11H12N2O2/c1-4-11(5-6-11)8-7-13(2)12-9(8)10(14)15-3/h1,7H,5-6H2,2-3H3. The topological polar surface area (TPSA) is 44.1 Å². The molecule has 1 fully saturated rings. The summed E-state index contributed by atoms with van der Waals surface area (Å²) in [5.41, 5.74) is 0.882. The predicted molar refractivity (Wildman–Crippen MR) is 54.3 cm³/mol. The molecule has 0 amide bonds. The van der Waals surface area contributed by atoms with Crippen LogP contribution in [-0.2, 0) is 17.2 Å². The second-order valence-corrected chi connectivity index (χ2v) is 3.78. The van der Waals surface area contributed by atoms with Gasteiger partial charge < -0.3 is 4.74 Å². The largest absolute Gasteiger partial charge is 0.464 e. The SMILES string of the molecule is C#CC1(c2cn(C)nc2C(=O)OC)CC1. The van der Waals surface area contributed by atoms with Gasteiger partial charge in [0.1, 0.15) is 0 Å². The highest BCUT2D eigenvalue weighted by Crippen LogP contribution is 2.48. The van der Waals surface area contributed by atoms with Crippen molar-refractivity contribution in [1.29, 1.82) is 0 Å². The number of rotatable bonds is 2. The fourth-order valence-corrected chi connectivity index (χ4v) is 1.70. The maximum absolute atomic E-state index is 11.5. The van der Waals surface area contributed by atoms with Gasteiger partial charge in [0.25, 0.3) is 0 Å². The smallest absolute Gasteiger partial charge is 0.358 e. The van der Waals surface area contributed by atoms with Gasteiger partial charge in [0, 0.05) is 18.8 Å². The summed E-state index contributed by atoms with van der Waals surface area (Å²) in [6.07, 6.45) is 9.12. The Balaban J connectivity index is 2.48. The Morgan fingerprint density at radius 3 is 2.87 bits per heavy atom. The lowest BCUT2D eigenvalue weighted by Gasteiger charge is -2.05. The van der Waals surface area contributed by atoms with Gasteiger partial charge in [-0.2, -0.15) is 5.10 Å². The van der Waals surface area contributed by atoms with Crippen LogP contribution in [0, 0.1) is 12.3 Å². The van der Waals surface area contributed by atoms with Crippen LogP contribution in [0.25, 0.3) is 0 Å². The molecule has 2 rings (SSSR count). The summed E-state index contributed by atoms with van der Waals surface area (Å²) in [5.74, 6) is 2.32. The van der Waals surface area contributed by atoms with E-state index in [0.717, 1.165) is 18.4 Å². The van der Waals surface area contributed by atoms with Gasteiger partial charge in [-0.05, 0) is 12.8 Å². The van der Waals surface area contributed by atoms with Crippen molar-refractivity contribution in [2.45, 2.75) is 18.3 Å². The number of ether oxygens (including phenoxy) is 1. The van der Waals surface area contributed by atoms with E-state index < -0.39 is 5.97 Å². The first-order valence-electron chi connectivity index (χ1n) is 4.73. The zero-order chi connectivity index (χ0) is 11.1. The van der Waals surface area contributed by atoms with Gasteiger partial charge >= 0.3 is 5.97 Å². The number of methoxy groups -OCH3 is 1. The van der Waals surface area contributed by atoms with Crippen LogP contribution in [0.1, 0.15) is 28.9 Å². The number of carbonyl (C=O) groups excluding carboxylic acids is 1. The van der Waals surface area contributed by atoms with Crippen LogP contribution in [0.15, 0.2) is 6.20 Å². The van der Waals surface area contributed by atoms with Crippen molar-refractivity contribution in [3.05, 3.63) is 17.5 Å². The molecule has 0 spiro atoms. The molecule has 4 heteroatoms. The molecule has 0 N–H and O–H groups in total. The Morgan fingerprint density at radius 2 is 2.40 bits per heavy atom. The predicted octanol–water partition coefficient (Wildman–Crippen LogP) is 0.871. The summed E-state index contributed by atoms with van der Waals surface area (Å²) in [4.78, 5) is 11.5. The molecule has 1 heterocycles. The number of aromatic nitrogens is 2. The highest BCUT2D eigenvalue weighted by Gasteiger charge is 2.46. The Bertz CT molecular complexity index is 450. The average Bonchev–Trinajstić information content (AvgIpc) is 2.95. The van der Waals surface area contributed by atoms with E-state index in [1.54, 1.807) is 17.9 Å². The van der Waals surface area contributed by atoms with Gasteiger partial charge in [-0.15, -0.1) is 6.42 Å². The van der Waals surface area contributed by atoms with Crippen molar-refractivity contribution in [3.8, 4) is 12.3 Å². The number of esters is 1. The molecule has 78 valence electrons. The Morgan fingerprint density at radius 1 is 1.73 bits per heavy atom. The van der Waals surface area contributed by atoms with Gasteiger partial charge in [0.15, 0.2) is 5.69 Å². The first-order chi connectivity index (χ1) is 7.13. The number of aryl methyl sites for hydroxylation is 1. The van der Waals surface area contributed by atoms with Crippen LogP contribution in [0.3, 0.4) is 0 Å². The minimum absolute atomic E-state index is 0.280. The molecule has 15 heavy (non-hydrogen) atoms. The van der Waals surface area contributed by atoms with E-state index in [1.807, 2.05) is 0 Å². The summed E-state index contributed by atoms with van der Waals surface area (Å²) in [6.45, 7) is 0. The van der Waals surface area contributed by atoms with Crippen LogP contribution in [0.2, 0.25) is 0 Å². The van der Waals surface area contributed by atoms with E-state index in [1.165, 1.54) is 7.11 Å². The lowest BCUT2D eigenvalue weighted by molar-refractivity contribution is 0.0591. The van der Waals surface area contributed by atoms with E-state index in [4.69, 9.17) is 6.42 Å². The summed E-state index contributed by atoms with van der Waals surface area (Å²) in [6, 6.07) is 0. The van der Waals surface area contributed by atoms with Crippen molar-refractivity contribution in [2.24, 2.45) is 7.05 Å². The third kappa shape index (κ3) is 1.40. The van der Waals surface area contributed by atoms with Gasteiger partial charge in [0.05, 0.1) is 12.5 Å². The fraction of sp³-hybridized carbons (Fsp3) is 0.455.